The molecule has 3 rings (SSSR count). The largest absolute Gasteiger partial charge is 0.355 e. The summed E-state index contributed by atoms with van der Waals surface area (Å²) in [6.45, 7) is 2.01. The van der Waals surface area contributed by atoms with E-state index >= 15 is 0 Å². The molecule has 4 heteroatoms. The molecular formula is C16H11BrN2O. The minimum atomic E-state index is 0.338. The molecule has 1 heterocycles. The third-order valence-corrected chi connectivity index (χ3v) is 3.71. The molecule has 0 saturated heterocycles. The smallest absolute Gasteiger partial charge is 0.174 e. The van der Waals surface area contributed by atoms with Gasteiger partial charge in [-0.15, -0.1) is 0 Å². The Labute approximate surface area is 124 Å². The summed E-state index contributed by atoms with van der Waals surface area (Å²) in [5.74, 6) is 0.746. The van der Waals surface area contributed by atoms with Crippen LogP contribution in [0.25, 0.3) is 22.2 Å². The van der Waals surface area contributed by atoms with Gasteiger partial charge in [-0.3, -0.25) is 0 Å². The van der Waals surface area contributed by atoms with Crippen molar-refractivity contribution in [1.29, 1.82) is 5.26 Å². The van der Waals surface area contributed by atoms with Gasteiger partial charge in [0, 0.05) is 10.0 Å². The zero-order valence-corrected chi connectivity index (χ0v) is 12.4. The van der Waals surface area contributed by atoms with Crippen LogP contribution < -0.4 is 0 Å². The van der Waals surface area contributed by atoms with Crippen LogP contribution in [0.15, 0.2) is 45.4 Å². The Balaban J connectivity index is 2.23. The van der Waals surface area contributed by atoms with Gasteiger partial charge in [-0.1, -0.05) is 27.2 Å². The maximum atomic E-state index is 8.91. The molecule has 3 aromatic rings. The minimum absolute atomic E-state index is 0.338. The molecule has 0 N–H and O–H groups in total. The van der Waals surface area contributed by atoms with Gasteiger partial charge < -0.3 is 4.52 Å². The van der Waals surface area contributed by atoms with Crippen molar-refractivity contribution in [3.63, 3.8) is 0 Å². The predicted molar refractivity (Wildman–Crippen MR) is 81.2 cm³/mol. The van der Waals surface area contributed by atoms with Crippen molar-refractivity contribution in [2.75, 3.05) is 0 Å². The number of nitriles is 1. The SMILES string of the molecule is Cc1cc(CC#N)c2noc(-c3ccc(Br)cc3)c2c1. The van der Waals surface area contributed by atoms with Crippen LogP contribution in [0.5, 0.6) is 0 Å². The summed E-state index contributed by atoms with van der Waals surface area (Å²) in [4.78, 5) is 0. The second-order valence-electron chi connectivity index (χ2n) is 4.67. The molecule has 0 fully saturated rings. The lowest BCUT2D eigenvalue weighted by molar-refractivity contribution is 0.440. The first-order chi connectivity index (χ1) is 9.69. The van der Waals surface area contributed by atoms with Gasteiger partial charge in [0.2, 0.25) is 0 Å². The van der Waals surface area contributed by atoms with Gasteiger partial charge in [0.15, 0.2) is 5.76 Å². The first-order valence-corrected chi connectivity index (χ1v) is 7.00. The van der Waals surface area contributed by atoms with Gasteiger partial charge >= 0.3 is 0 Å². The summed E-state index contributed by atoms with van der Waals surface area (Å²) in [7, 11) is 0. The molecule has 0 bridgehead atoms. The van der Waals surface area contributed by atoms with Crippen molar-refractivity contribution in [2.24, 2.45) is 0 Å². The fraction of sp³-hybridized carbons (Fsp3) is 0.125. The van der Waals surface area contributed by atoms with Crippen molar-refractivity contribution in [2.45, 2.75) is 13.3 Å². The standard InChI is InChI=1S/C16H11BrN2O/c1-10-8-12(6-7-18)15-14(9-10)16(20-19-15)11-2-4-13(17)5-3-11/h2-5,8-9H,6H2,1H3. The molecule has 0 radical (unpaired) electrons. The van der Waals surface area contributed by atoms with E-state index in [-0.39, 0.29) is 0 Å². The van der Waals surface area contributed by atoms with Crippen LogP contribution >= 0.6 is 15.9 Å². The van der Waals surface area contributed by atoms with Crippen molar-refractivity contribution in [3.8, 4) is 17.4 Å². The lowest BCUT2D eigenvalue weighted by Gasteiger charge is -2.01. The maximum absolute atomic E-state index is 8.91. The number of hydrogen-bond donors (Lipinski definition) is 0. The van der Waals surface area contributed by atoms with Gasteiger partial charge in [0.05, 0.1) is 17.9 Å². The Morgan fingerprint density at radius 1 is 1.25 bits per heavy atom. The van der Waals surface area contributed by atoms with Gasteiger partial charge in [-0.05, 0) is 48.4 Å². The zero-order valence-electron chi connectivity index (χ0n) is 10.9. The Bertz CT molecular complexity index is 813. The van der Waals surface area contributed by atoms with Crippen LogP contribution in [-0.2, 0) is 6.42 Å². The third-order valence-electron chi connectivity index (χ3n) is 3.18. The molecule has 20 heavy (non-hydrogen) atoms. The molecule has 0 atom stereocenters. The van der Waals surface area contributed by atoms with Gasteiger partial charge in [-0.2, -0.15) is 5.26 Å². The summed E-state index contributed by atoms with van der Waals surface area (Å²) in [5, 5.41) is 14.0. The van der Waals surface area contributed by atoms with E-state index in [1.807, 2.05) is 43.3 Å². The van der Waals surface area contributed by atoms with Crippen LogP contribution in [-0.4, -0.2) is 5.16 Å². The quantitative estimate of drug-likeness (QED) is 0.689. The average Bonchev–Trinajstić information content (AvgIpc) is 2.84. The molecule has 1 aromatic heterocycles. The molecule has 0 aliphatic heterocycles. The minimum Gasteiger partial charge on any atom is -0.355 e. The highest BCUT2D eigenvalue weighted by Crippen LogP contribution is 2.32. The number of fused-ring (bicyclic) bond motifs is 1. The van der Waals surface area contributed by atoms with Crippen molar-refractivity contribution >= 4 is 26.8 Å². The van der Waals surface area contributed by atoms with Crippen LogP contribution in [0.3, 0.4) is 0 Å². The van der Waals surface area contributed by atoms with Gasteiger partial charge in [0.25, 0.3) is 0 Å². The molecule has 2 aromatic carbocycles. The first kappa shape index (κ1) is 12.9. The van der Waals surface area contributed by atoms with E-state index in [2.05, 4.69) is 27.2 Å². The molecule has 0 saturated carbocycles. The molecule has 0 spiro atoms. The van der Waals surface area contributed by atoms with Crippen LogP contribution in [0.4, 0.5) is 0 Å². The fourth-order valence-corrected chi connectivity index (χ4v) is 2.57. The summed E-state index contributed by atoms with van der Waals surface area (Å²) in [6.07, 6.45) is 0.338. The molecule has 0 aliphatic carbocycles. The summed E-state index contributed by atoms with van der Waals surface area (Å²) < 4.78 is 6.53. The highest BCUT2D eigenvalue weighted by Gasteiger charge is 2.14. The summed E-state index contributed by atoms with van der Waals surface area (Å²) in [5.41, 5.74) is 3.76. The predicted octanol–water partition coefficient (Wildman–Crippen LogP) is 4.63. The Morgan fingerprint density at radius 2 is 2.00 bits per heavy atom. The Morgan fingerprint density at radius 3 is 2.70 bits per heavy atom. The Kier molecular flexibility index (Phi) is 3.29. The number of hydrogen-bond acceptors (Lipinski definition) is 3. The number of rotatable bonds is 2. The van der Waals surface area contributed by atoms with E-state index in [4.69, 9.17) is 9.78 Å². The molecule has 3 nitrogen and oxygen atoms in total. The lowest BCUT2D eigenvalue weighted by atomic mass is 10.0. The van der Waals surface area contributed by atoms with Crippen molar-refractivity contribution < 1.29 is 4.52 Å². The van der Waals surface area contributed by atoms with E-state index < -0.39 is 0 Å². The molecule has 0 unspecified atom stereocenters. The normalized spacial score (nSPS) is 10.7. The van der Waals surface area contributed by atoms with Crippen molar-refractivity contribution in [1.82, 2.24) is 5.16 Å². The van der Waals surface area contributed by atoms with E-state index in [0.717, 1.165) is 37.8 Å². The fourth-order valence-electron chi connectivity index (χ4n) is 2.30. The third kappa shape index (κ3) is 2.21. The van der Waals surface area contributed by atoms with Crippen molar-refractivity contribution in [3.05, 3.63) is 52.0 Å². The van der Waals surface area contributed by atoms with E-state index in [1.54, 1.807) is 0 Å². The van der Waals surface area contributed by atoms with Gasteiger partial charge in [0.1, 0.15) is 5.52 Å². The molecule has 0 amide bonds. The number of benzene rings is 2. The zero-order chi connectivity index (χ0) is 14.1. The topological polar surface area (TPSA) is 49.8 Å². The maximum Gasteiger partial charge on any atom is 0.174 e. The highest BCUT2D eigenvalue weighted by atomic mass is 79.9. The van der Waals surface area contributed by atoms with E-state index in [0.29, 0.717) is 6.42 Å². The van der Waals surface area contributed by atoms with Crippen LogP contribution in [0.2, 0.25) is 0 Å². The van der Waals surface area contributed by atoms with Crippen LogP contribution in [0, 0.1) is 18.3 Å². The summed E-state index contributed by atoms with van der Waals surface area (Å²) >= 11 is 3.42. The number of nitrogens with zero attached hydrogens (tertiary/aromatic N) is 2. The van der Waals surface area contributed by atoms with E-state index in [1.165, 1.54) is 0 Å². The monoisotopic (exact) mass is 326 g/mol. The first-order valence-electron chi connectivity index (χ1n) is 6.21. The number of aromatic nitrogens is 1. The van der Waals surface area contributed by atoms with Crippen LogP contribution in [0.1, 0.15) is 11.1 Å². The molecule has 0 aliphatic rings. The molecular weight excluding hydrogens is 316 g/mol. The van der Waals surface area contributed by atoms with Gasteiger partial charge in [-0.25, -0.2) is 0 Å². The average molecular weight is 327 g/mol. The highest BCUT2D eigenvalue weighted by molar-refractivity contribution is 9.10. The Hall–Kier alpha value is -2.12. The second-order valence-corrected chi connectivity index (χ2v) is 5.59. The van der Waals surface area contributed by atoms with E-state index in [9.17, 15) is 0 Å². The molecule has 98 valence electrons. The summed E-state index contributed by atoms with van der Waals surface area (Å²) in [6, 6.07) is 14.1. The lowest BCUT2D eigenvalue weighted by Crippen LogP contribution is -1.86. The number of halogens is 1. The second kappa shape index (κ2) is 5.10. The number of aryl methyl sites for hydroxylation is 1.